The fraction of sp³-hybridized carbons (Fsp3) is 0.235. The molecule has 2 N–H and O–H groups in total. The van der Waals surface area contributed by atoms with E-state index in [-0.39, 0.29) is 40.6 Å². The SMILES string of the molecule is CN1C=[N+](C)[C@H](c2ccc(O)cc2Cl)[C@@H]1c1ccc(O)cc1Cl.[Br-]. The van der Waals surface area contributed by atoms with Crippen LogP contribution in [-0.4, -0.2) is 40.1 Å². The smallest absolute Gasteiger partial charge is 0.235 e. The molecule has 0 aromatic heterocycles. The molecule has 0 saturated heterocycles. The Morgan fingerprint density at radius 2 is 1.46 bits per heavy atom. The Morgan fingerprint density at radius 3 is 1.96 bits per heavy atom. The molecule has 2 aromatic carbocycles. The van der Waals surface area contributed by atoms with Gasteiger partial charge < -0.3 is 27.2 Å². The number of aromatic hydroxyl groups is 2. The van der Waals surface area contributed by atoms with Crippen LogP contribution in [0.4, 0.5) is 0 Å². The van der Waals surface area contributed by atoms with Crippen LogP contribution in [-0.2, 0) is 0 Å². The molecule has 0 bridgehead atoms. The molecule has 0 aliphatic carbocycles. The molecule has 128 valence electrons. The van der Waals surface area contributed by atoms with Crippen LogP contribution in [0.2, 0.25) is 10.0 Å². The molecule has 4 nitrogen and oxygen atoms in total. The summed E-state index contributed by atoms with van der Waals surface area (Å²) in [5, 5.41) is 20.2. The highest BCUT2D eigenvalue weighted by molar-refractivity contribution is 6.32. The Labute approximate surface area is 161 Å². The summed E-state index contributed by atoms with van der Waals surface area (Å²) in [6, 6.07) is 9.87. The molecule has 1 aliphatic rings. The molecule has 0 saturated carbocycles. The molecule has 3 rings (SSSR count). The lowest BCUT2D eigenvalue weighted by atomic mass is 9.93. The maximum atomic E-state index is 9.59. The van der Waals surface area contributed by atoms with Gasteiger partial charge in [0.1, 0.15) is 11.5 Å². The normalized spacial score (nSPS) is 19.8. The molecule has 24 heavy (non-hydrogen) atoms. The standard InChI is InChI=1S/C17H16Cl2N2O2.BrH/c1-20-9-21(2)17(13-6-4-11(23)8-15(13)19)16(20)12-5-3-10(22)7-14(12)18;/h3-9,16-17H,1-2H3,(H-,22,23);1H/t16-,17+;. The predicted octanol–water partition coefficient (Wildman–Crippen LogP) is 0.807. The van der Waals surface area contributed by atoms with Crippen LogP contribution in [0.3, 0.4) is 0 Å². The van der Waals surface area contributed by atoms with E-state index in [0.29, 0.717) is 10.0 Å². The first kappa shape index (κ1) is 18.9. The Kier molecular flexibility index (Phi) is 5.68. The topological polar surface area (TPSA) is 46.7 Å². The summed E-state index contributed by atoms with van der Waals surface area (Å²) in [6.45, 7) is 0. The van der Waals surface area contributed by atoms with Crippen molar-refractivity contribution in [1.29, 1.82) is 0 Å². The van der Waals surface area contributed by atoms with Crippen molar-refractivity contribution in [2.75, 3.05) is 14.1 Å². The molecule has 0 amide bonds. The van der Waals surface area contributed by atoms with Gasteiger partial charge in [0.2, 0.25) is 6.34 Å². The molecule has 7 heteroatoms. The van der Waals surface area contributed by atoms with Gasteiger partial charge in [-0.1, -0.05) is 23.2 Å². The maximum Gasteiger partial charge on any atom is 0.235 e. The molecule has 1 aliphatic heterocycles. The number of halogens is 3. The van der Waals surface area contributed by atoms with Crippen molar-refractivity contribution < 1.29 is 31.8 Å². The van der Waals surface area contributed by atoms with Gasteiger partial charge in [0.25, 0.3) is 0 Å². The van der Waals surface area contributed by atoms with E-state index in [9.17, 15) is 10.2 Å². The third-order valence-electron chi connectivity index (χ3n) is 4.15. The average Bonchev–Trinajstić information content (AvgIpc) is 2.74. The average molecular weight is 432 g/mol. The predicted molar refractivity (Wildman–Crippen MR) is 91.7 cm³/mol. The first-order valence-electron chi connectivity index (χ1n) is 7.14. The third-order valence-corrected chi connectivity index (χ3v) is 4.80. The van der Waals surface area contributed by atoms with Crippen LogP contribution >= 0.6 is 23.2 Å². The lowest BCUT2D eigenvalue weighted by molar-refractivity contribution is -0.534. The van der Waals surface area contributed by atoms with Gasteiger partial charge in [-0.05, 0) is 36.4 Å². The fourth-order valence-electron chi connectivity index (χ4n) is 3.17. The van der Waals surface area contributed by atoms with Gasteiger partial charge in [0.05, 0.1) is 24.1 Å². The fourth-order valence-corrected chi connectivity index (χ4v) is 3.74. The summed E-state index contributed by atoms with van der Waals surface area (Å²) in [7, 11) is 3.94. The third kappa shape index (κ3) is 3.34. The zero-order valence-corrected chi connectivity index (χ0v) is 16.2. The van der Waals surface area contributed by atoms with Crippen molar-refractivity contribution >= 4 is 29.5 Å². The highest BCUT2D eigenvalue weighted by atomic mass is 79.9. The number of rotatable bonds is 2. The van der Waals surface area contributed by atoms with E-state index in [1.165, 1.54) is 0 Å². The zero-order valence-electron chi connectivity index (χ0n) is 13.1. The van der Waals surface area contributed by atoms with Crippen LogP contribution in [0.25, 0.3) is 0 Å². The summed E-state index contributed by atoms with van der Waals surface area (Å²) in [4.78, 5) is 2.06. The van der Waals surface area contributed by atoms with Crippen LogP contribution in [0.15, 0.2) is 36.4 Å². The van der Waals surface area contributed by atoms with Gasteiger partial charge >= 0.3 is 0 Å². The van der Waals surface area contributed by atoms with E-state index in [0.717, 1.165) is 11.1 Å². The van der Waals surface area contributed by atoms with Gasteiger partial charge in [0.15, 0.2) is 12.1 Å². The second-order valence-electron chi connectivity index (χ2n) is 5.75. The molecule has 0 radical (unpaired) electrons. The van der Waals surface area contributed by atoms with E-state index < -0.39 is 0 Å². The summed E-state index contributed by atoms with van der Waals surface area (Å²) in [5.41, 5.74) is 1.81. The largest absolute Gasteiger partial charge is 1.00 e. The number of phenols is 2. The highest BCUT2D eigenvalue weighted by Gasteiger charge is 2.42. The summed E-state index contributed by atoms with van der Waals surface area (Å²) >= 11 is 12.7. The summed E-state index contributed by atoms with van der Waals surface area (Å²) in [5.74, 6) is 0.270. The molecule has 2 atom stereocenters. The number of phenolic OH excluding ortho intramolecular Hbond substituents is 2. The molecule has 2 aromatic rings. The van der Waals surface area contributed by atoms with Gasteiger partial charge in [-0.3, -0.25) is 9.48 Å². The van der Waals surface area contributed by atoms with E-state index in [1.807, 2.05) is 32.6 Å². The zero-order chi connectivity index (χ0) is 16.7. The molecule has 0 spiro atoms. The van der Waals surface area contributed by atoms with Gasteiger partial charge in [-0.15, -0.1) is 0 Å². The second-order valence-corrected chi connectivity index (χ2v) is 6.56. The number of hydrogen-bond donors (Lipinski definition) is 2. The van der Waals surface area contributed by atoms with Crippen molar-refractivity contribution in [3.63, 3.8) is 0 Å². The van der Waals surface area contributed by atoms with Crippen molar-refractivity contribution in [2.24, 2.45) is 0 Å². The lowest BCUT2D eigenvalue weighted by Gasteiger charge is -2.23. The minimum Gasteiger partial charge on any atom is -1.00 e. The Bertz CT molecular complexity index is 798. The monoisotopic (exact) mass is 430 g/mol. The molecule has 0 fully saturated rings. The maximum absolute atomic E-state index is 9.59. The van der Waals surface area contributed by atoms with Crippen molar-refractivity contribution in [1.82, 2.24) is 4.90 Å². The van der Waals surface area contributed by atoms with Gasteiger partial charge in [-0.25, -0.2) is 0 Å². The summed E-state index contributed by atoms with van der Waals surface area (Å²) in [6.07, 6.45) is 1.99. The van der Waals surface area contributed by atoms with Gasteiger partial charge in [0, 0.05) is 11.1 Å². The molecular weight excluding hydrogens is 415 g/mol. The van der Waals surface area contributed by atoms with Crippen LogP contribution in [0, 0.1) is 0 Å². The van der Waals surface area contributed by atoms with E-state index >= 15 is 0 Å². The van der Waals surface area contributed by atoms with Crippen LogP contribution < -0.4 is 17.0 Å². The molecule has 1 heterocycles. The number of hydrogen-bond acceptors (Lipinski definition) is 3. The van der Waals surface area contributed by atoms with Crippen LogP contribution in [0.5, 0.6) is 11.5 Å². The minimum atomic E-state index is -0.0601. The van der Waals surface area contributed by atoms with Gasteiger partial charge in [-0.2, -0.15) is 0 Å². The van der Waals surface area contributed by atoms with Crippen LogP contribution in [0.1, 0.15) is 23.2 Å². The van der Waals surface area contributed by atoms with Crippen molar-refractivity contribution in [3.05, 3.63) is 57.6 Å². The number of likely N-dealkylation sites (N-methyl/N-ethyl adjacent to an activating group) is 2. The van der Waals surface area contributed by atoms with E-state index in [4.69, 9.17) is 23.2 Å². The number of benzene rings is 2. The van der Waals surface area contributed by atoms with E-state index in [1.54, 1.807) is 24.3 Å². The number of nitrogens with zero attached hydrogens (tertiary/aromatic N) is 2. The quantitative estimate of drug-likeness (QED) is 0.691. The summed E-state index contributed by atoms with van der Waals surface area (Å²) < 4.78 is 2.06. The highest BCUT2D eigenvalue weighted by Crippen LogP contribution is 2.44. The first-order chi connectivity index (χ1) is 10.9. The first-order valence-corrected chi connectivity index (χ1v) is 7.90. The molecule has 0 unspecified atom stereocenters. The minimum absolute atomic E-state index is 0. The van der Waals surface area contributed by atoms with E-state index in [2.05, 4.69) is 9.48 Å². The second kappa shape index (κ2) is 7.21. The lowest BCUT2D eigenvalue weighted by Crippen LogP contribution is -3.00. The Balaban J connectivity index is 0.00000208. The van der Waals surface area contributed by atoms with Crippen molar-refractivity contribution in [3.8, 4) is 11.5 Å². The Hall–Kier alpha value is -1.43. The molecular formula is C17H17BrCl2N2O2. The van der Waals surface area contributed by atoms with Crippen molar-refractivity contribution in [2.45, 2.75) is 12.1 Å². The Morgan fingerprint density at radius 1 is 0.958 bits per heavy atom.